The zero-order valence-corrected chi connectivity index (χ0v) is 18.9. The third-order valence-electron chi connectivity index (χ3n) is 4.14. The van der Waals surface area contributed by atoms with Gasteiger partial charge in [0.2, 0.25) is 0 Å². The topological polar surface area (TPSA) is 59.0 Å². The van der Waals surface area contributed by atoms with Crippen LogP contribution in [0.15, 0.2) is 4.99 Å². The maximum Gasteiger partial charge on any atom is 0.194 e. The predicted octanol–water partition coefficient (Wildman–Crippen LogP) is 2.83. The molecular formula is C17H31IN4O2S. The molecule has 25 heavy (non-hydrogen) atoms. The average molecular weight is 482 g/mol. The van der Waals surface area contributed by atoms with Crippen molar-refractivity contribution >= 4 is 41.3 Å². The molecule has 0 saturated carbocycles. The van der Waals surface area contributed by atoms with Gasteiger partial charge in [0.15, 0.2) is 5.96 Å². The van der Waals surface area contributed by atoms with Gasteiger partial charge >= 0.3 is 0 Å². The fourth-order valence-electron chi connectivity index (χ4n) is 2.73. The van der Waals surface area contributed by atoms with Crippen LogP contribution in [-0.4, -0.2) is 62.4 Å². The second-order valence-electron chi connectivity index (χ2n) is 6.09. The highest BCUT2D eigenvalue weighted by Crippen LogP contribution is 2.19. The molecule has 2 heterocycles. The second-order valence-corrected chi connectivity index (χ2v) is 7.38. The maximum absolute atomic E-state index is 5.67. The zero-order valence-electron chi connectivity index (χ0n) is 15.7. The Hall–Kier alpha value is -0.450. The Balaban J connectivity index is 0.00000312. The summed E-state index contributed by atoms with van der Waals surface area (Å²) in [6.07, 6.45) is 1.15. The highest BCUT2D eigenvalue weighted by molar-refractivity contribution is 14.0. The van der Waals surface area contributed by atoms with Gasteiger partial charge in [-0.2, -0.15) is 0 Å². The van der Waals surface area contributed by atoms with Crippen LogP contribution >= 0.6 is 35.3 Å². The minimum Gasteiger partial charge on any atom is -0.382 e. The summed E-state index contributed by atoms with van der Waals surface area (Å²) in [6, 6.07) is 0. The molecule has 1 unspecified atom stereocenters. The van der Waals surface area contributed by atoms with Gasteiger partial charge in [0.05, 0.1) is 32.1 Å². The summed E-state index contributed by atoms with van der Waals surface area (Å²) in [6.45, 7) is 11.9. The smallest absolute Gasteiger partial charge is 0.194 e. The number of ether oxygens (including phenoxy) is 2. The van der Waals surface area contributed by atoms with Gasteiger partial charge in [-0.1, -0.05) is 0 Å². The lowest BCUT2D eigenvalue weighted by Gasteiger charge is -2.21. The summed E-state index contributed by atoms with van der Waals surface area (Å²) in [5.41, 5.74) is 1.12. The molecular weight excluding hydrogens is 451 g/mol. The molecule has 1 fully saturated rings. The molecule has 2 rings (SSSR count). The van der Waals surface area contributed by atoms with E-state index in [4.69, 9.17) is 14.5 Å². The van der Waals surface area contributed by atoms with E-state index in [9.17, 15) is 0 Å². The SMILES string of the molecule is CCNC(=NCc1nc(C)c(C)s1)N1CCC(COCCOC)C1.I. The Bertz CT molecular complexity index is 519. The van der Waals surface area contributed by atoms with Crippen LogP contribution in [0, 0.1) is 19.8 Å². The molecule has 0 radical (unpaired) electrons. The minimum atomic E-state index is 0. The first-order valence-electron chi connectivity index (χ1n) is 8.66. The maximum atomic E-state index is 5.67. The largest absolute Gasteiger partial charge is 0.382 e. The van der Waals surface area contributed by atoms with Gasteiger partial charge in [-0.05, 0) is 27.2 Å². The number of aromatic nitrogens is 1. The third kappa shape index (κ3) is 7.36. The number of hydrogen-bond acceptors (Lipinski definition) is 5. The van der Waals surface area contributed by atoms with E-state index in [1.54, 1.807) is 18.4 Å². The van der Waals surface area contributed by atoms with Gasteiger partial charge in [-0.25, -0.2) is 9.98 Å². The standard InChI is InChI=1S/C17H30N4O2S.HI/c1-5-18-17(19-10-16-20-13(2)14(3)24-16)21-7-6-15(11-21)12-23-9-8-22-4;/h15H,5-12H2,1-4H3,(H,18,19);1H. The minimum absolute atomic E-state index is 0. The summed E-state index contributed by atoms with van der Waals surface area (Å²) in [7, 11) is 1.70. The van der Waals surface area contributed by atoms with Gasteiger partial charge in [0, 0.05) is 37.5 Å². The number of guanidine groups is 1. The summed E-state index contributed by atoms with van der Waals surface area (Å²) < 4.78 is 10.7. The number of thiazole rings is 1. The van der Waals surface area contributed by atoms with Crippen LogP contribution in [0.3, 0.4) is 0 Å². The second kappa shape index (κ2) is 12.0. The van der Waals surface area contributed by atoms with Gasteiger partial charge < -0.3 is 19.7 Å². The lowest BCUT2D eigenvalue weighted by molar-refractivity contribution is 0.0536. The molecule has 1 N–H and O–H groups in total. The van der Waals surface area contributed by atoms with Crippen molar-refractivity contribution in [3.8, 4) is 0 Å². The molecule has 1 atom stereocenters. The van der Waals surface area contributed by atoms with E-state index in [0.717, 1.165) is 49.3 Å². The van der Waals surface area contributed by atoms with Crippen molar-refractivity contribution in [3.63, 3.8) is 0 Å². The molecule has 1 aromatic rings. The van der Waals surface area contributed by atoms with Gasteiger partial charge in [0.25, 0.3) is 0 Å². The predicted molar refractivity (Wildman–Crippen MR) is 114 cm³/mol. The van der Waals surface area contributed by atoms with E-state index >= 15 is 0 Å². The number of aliphatic imine (C=N–C) groups is 1. The van der Waals surface area contributed by atoms with E-state index in [2.05, 4.69) is 36.0 Å². The number of aryl methyl sites for hydroxylation is 2. The van der Waals surface area contributed by atoms with Gasteiger partial charge in [-0.3, -0.25) is 0 Å². The first-order valence-corrected chi connectivity index (χ1v) is 9.48. The Morgan fingerprint density at radius 1 is 1.40 bits per heavy atom. The van der Waals surface area contributed by atoms with Crippen LogP contribution in [0.2, 0.25) is 0 Å². The van der Waals surface area contributed by atoms with E-state index in [0.29, 0.717) is 25.7 Å². The van der Waals surface area contributed by atoms with Crippen molar-refractivity contribution in [2.24, 2.45) is 10.9 Å². The van der Waals surface area contributed by atoms with Crippen LogP contribution in [0.4, 0.5) is 0 Å². The van der Waals surface area contributed by atoms with Crippen LogP contribution in [0.5, 0.6) is 0 Å². The van der Waals surface area contributed by atoms with Crippen molar-refractivity contribution in [3.05, 3.63) is 15.6 Å². The molecule has 0 spiro atoms. The molecule has 8 heteroatoms. The Morgan fingerprint density at radius 2 is 2.20 bits per heavy atom. The molecule has 6 nitrogen and oxygen atoms in total. The highest BCUT2D eigenvalue weighted by Gasteiger charge is 2.25. The number of methoxy groups -OCH3 is 1. The fourth-order valence-corrected chi connectivity index (χ4v) is 3.59. The number of likely N-dealkylation sites (tertiary alicyclic amines) is 1. The normalized spacial score (nSPS) is 17.7. The molecule has 1 aliphatic heterocycles. The van der Waals surface area contributed by atoms with Crippen molar-refractivity contribution in [1.82, 2.24) is 15.2 Å². The highest BCUT2D eigenvalue weighted by atomic mass is 127. The Morgan fingerprint density at radius 3 is 2.84 bits per heavy atom. The molecule has 144 valence electrons. The summed E-state index contributed by atoms with van der Waals surface area (Å²) in [4.78, 5) is 13.0. The molecule has 0 amide bonds. The molecule has 1 saturated heterocycles. The lowest BCUT2D eigenvalue weighted by atomic mass is 10.1. The lowest BCUT2D eigenvalue weighted by Crippen LogP contribution is -2.40. The third-order valence-corrected chi connectivity index (χ3v) is 5.20. The van der Waals surface area contributed by atoms with Crippen molar-refractivity contribution in [1.29, 1.82) is 0 Å². The Labute approximate surface area is 172 Å². The first kappa shape index (κ1) is 22.6. The molecule has 1 aromatic heterocycles. The summed E-state index contributed by atoms with van der Waals surface area (Å²) in [5.74, 6) is 1.55. The monoisotopic (exact) mass is 482 g/mol. The molecule has 0 bridgehead atoms. The summed E-state index contributed by atoms with van der Waals surface area (Å²) >= 11 is 1.74. The molecule has 1 aliphatic rings. The van der Waals surface area contributed by atoms with E-state index in [1.807, 2.05) is 0 Å². The molecule has 0 aliphatic carbocycles. The number of hydrogen-bond donors (Lipinski definition) is 1. The zero-order chi connectivity index (χ0) is 17.4. The first-order chi connectivity index (χ1) is 11.6. The van der Waals surface area contributed by atoms with E-state index in [1.165, 1.54) is 4.88 Å². The van der Waals surface area contributed by atoms with Crippen LogP contribution in [0.1, 0.15) is 28.9 Å². The number of nitrogens with zero attached hydrogens (tertiary/aromatic N) is 3. The van der Waals surface area contributed by atoms with Gasteiger partial charge in [-0.15, -0.1) is 35.3 Å². The van der Waals surface area contributed by atoms with Crippen molar-refractivity contribution in [2.45, 2.75) is 33.7 Å². The van der Waals surface area contributed by atoms with Crippen LogP contribution in [0.25, 0.3) is 0 Å². The van der Waals surface area contributed by atoms with Crippen LogP contribution < -0.4 is 5.32 Å². The number of halogens is 1. The van der Waals surface area contributed by atoms with Crippen LogP contribution in [-0.2, 0) is 16.0 Å². The van der Waals surface area contributed by atoms with E-state index in [-0.39, 0.29) is 24.0 Å². The quantitative estimate of drug-likeness (QED) is 0.267. The number of nitrogens with one attached hydrogen (secondary N) is 1. The molecule has 0 aromatic carbocycles. The Kier molecular flexibility index (Phi) is 10.9. The van der Waals surface area contributed by atoms with Gasteiger partial charge in [0.1, 0.15) is 5.01 Å². The van der Waals surface area contributed by atoms with Crippen molar-refractivity contribution < 1.29 is 9.47 Å². The number of rotatable bonds is 8. The fraction of sp³-hybridized carbons (Fsp3) is 0.765. The van der Waals surface area contributed by atoms with Crippen molar-refractivity contribution in [2.75, 3.05) is 46.6 Å². The summed E-state index contributed by atoms with van der Waals surface area (Å²) in [5, 5.41) is 4.49. The van der Waals surface area contributed by atoms with E-state index < -0.39 is 0 Å². The average Bonchev–Trinajstić information content (AvgIpc) is 3.15.